The van der Waals surface area contributed by atoms with E-state index in [0.29, 0.717) is 12.1 Å². The molecule has 1 nitrogen and oxygen atoms in total. The van der Waals surface area contributed by atoms with Gasteiger partial charge in [-0.3, -0.25) is 0 Å². The van der Waals surface area contributed by atoms with Crippen molar-refractivity contribution in [1.29, 1.82) is 0 Å². The zero-order valence-corrected chi connectivity index (χ0v) is 11.2. The van der Waals surface area contributed by atoms with Crippen LogP contribution in [0.1, 0.15) is 28.7 Å². The Labute approximate surface area is 113 Å². The van der Waals surface area contributed by atoms with Gasteiger partial charge in [-0.1, -0.05) is 18.2 Å². The minimum atomic E-state index is -0.131. The molecule has 2 aromatic carbocycles. The third-order valence-corrected chi connectivity index (χ3v) is 3.83. The lowest BCUT2D eigenvalue weighted by atomic mass is 10.1. The summed E-state index contributed by atoms with van der Waals surface area (Å²) in [6.07, 6.45) is 3.66. The Hall–Kier alpha value is -1.83. The first-order valence-corrected chi connectivity index (χ1v) is 6.83. The second kappa shape index (κ2) is 5.04. The van der Waals surface area contributed by atoms with E-state index in [0.717, 1.165) is 11.3 Å². The first-order chi connectivity index (χ1) is 9.22. The SMILES string of the molecule is Cc1ccc(CNc2ccc3c(c2)CCC3)cc1F. The first-order valence-electron chi connectivity index (χ1n) is 6.83. The number of halogens is 1. The molecule has 2 heteroatoms. The summed E-state index contributed by atoms with van der Waals surface area (Å²) >= 11 is 0. The van der Waals surface area contributed by atoms with E-state index in [9.17, 15) is 4.39 Å². The molecule has 0 bridgehead atoms. The van der Waals surface area contributed by atoms with E-state index in [1.54, 1.807) is 13.0 Å². The number of benzene rings is 2. The topological polar surface area (TPSA) is 12.0 Å². The molecule has 0 fully saturated rings. The van der Waals surface area contributed by atoms with Crippen LogP contribution in [0.4, 0.5) is 10.1 Å². The number of hydrogen-bond acceptors (Lipinski definition) is 1. The molecule has 0 heterocycles. The highest BCUT2D eigenvalue weighted by Gasteiger charge is 2.10. The van der Waals surface area contributed by atoms with E-state index in [2.05, 4.69) is 23.5 Å². The van der Waals surface area contributed by atoms with E-state index >= 15 is 0 Å². The molecule has 0 unspecified atom stereocenters. The van der Waals surface area contributed by atoms with Gasteiger partial charge in [0.15, 0.2) is 0 Å². The summed E-state index contributed by atoms with van der Waals surface area (Å²) < 4.78 is 13.5. The van der Waals surface area contributed by atoms with Crippen LogP contribution in [0.3, 0.4) is 0 Å². The van der Waals surface area contributed by atoms with Gasteiger partial charge in [0.2, 0.25) is 0 Å². The molecule has 3 rings (SSSR count). The second-order valence-corrected chi connectivity index (χ2v) is 5.27. The van der Waals surface area contributed by atoms with Gasteiger partial charge in [0.05, 0.1) is 0 Å². The fourth-order valence-corrected chi connectivity index (χ4v) is 2.63. The molecule has 19 heavy (non-hydrogen) atoms. The van der Waals surface area contributed by atoms with Gasteiger partial charge < -0.3 is 5.32 Å². The molecule has 1 aliphatic rings. The maximum atomic E-state index is 13.5. The molecular formula is C17H18FN. The predicted molar refractivity (Wildman–Crippen MR) is 76.9 cm³/mol. The lowest BCUT2D eigenvalue weighted by molar-refractivity contribution is 0.616. The molecule has 0 spiro atoms. The highest BCUT2D eigenvalue weighted by molar-refractivity contribution is 5.50. The minimum Gasteiger partial charge on any atom is -0.381 e. The van der Waals surface area contributed by atoms with Crippen LogP contribution in [0, 0.1) is 12.7 Å². The number of hydrogen-bond donors (Lipinski definition) is 1. The van der Waals surface area contributed by atoms with Gasteiger partial charge in [0.1, 0.15) is 5.82 Å². The van der Waals surface area contributed by atoms with E-state index in [4.69, 9.17) is 0 Å². The van der Waals surface area contributed by atoms with Crippen molar-refractivity contribution in [2.45, 2.75) is 32.7 Å². The molecule has 0 aromatic heterocycles. The molecule has 1 N–H and O–H groups in total. The van der Waals surface area contributed by atoms with Crippen molar-refractivity contribution >= 4 is 5.69 Å². The Morgan fingerprint density at radius 3 is 2.74 bits per heavy atom. The van der Waals surface area contributed by atoms with Crippen molar-refractivity contribution in [3.8, 4) is 0 Å². The molecule has 0 amide bonds. The zero-order valence-electron chi connectivity index (χ0n) is 11.2. The highest BCUT2D eigenvalue weighted by atomic mass is 19.1. The summed E-state index contributed by atoms with van der Waals surface area (Å²) in [6, 6.07) is 12.0. The van der Waals surface area contributed by atoms with Crippen LogP contribution in [0.2, 0.25) is 0 Å². The Bertz CT molecular complexity index is 604. The van der Waals surface area contributed by atoms with Crippen molar-refractivity contribution in [3.05, 3.63) is 64.5 Å². The first kappa shape index (κ1) is 12.2. The zero-order chi connectivity index (χ0) is 13.2. The van der Waals surface area contributed by atoms with Crippen LogP contribution in [0.15, 0.2) is 36.4 Å². The molecule has 0 radical (unpaired) electrons. The number of nitrogens with one attached hydrogen (secondary N) is 1. The van der Waals surface area contributed by atoms with Crippen molar-refractivity contribution in [3.63, 3.8) is 0 Å². The second-order valence-electron chi connectivity index (χ2n) is 5.27. The van der Waals surface area contributed by atoms with Gasteiger partial charge in [-0.15, -0.1) is 0 Å². The Kier molecular flexibility index (Phi) is 3.24. The molecular weight excluding hydrogens is 237 g/mol. The van der Waals surface area contributed by atoms with E-state index < -0.39 is 0 Å². The smallest absolute Gasteiger partial charge is 0.126 e. The van der Waals surface area contributed by atoms with Gasteiger partial charge >= 0.3 is 0 Å². The number of anilines is 1. The van der Waals surface area contributed by atoms with Crippen molar-refractivity contribution < 1.29 is 4.39 Å². The third-order valence-electron chi connectivity index (χ3n) is 3.83. The number of rotatable bonds is 3. The maximum absolute atomic E-state index is 13.5. The fraction of sp³-hybridized carbons (Fsp3) is 0.294. The molecule has 2 aromatic rings. The van der Waals surface area contributed by atoms with Crippen LogP contribution < -0.4 is 5.32 Å². The lowest BCUT2D eigenvalue weighted by Crippen LogP contribution is -2.01. The minimum absolute atomic E-state index is 0.131. The molecule has 98 valence electrons. The summed E-state index contributed by atoms with van der Waals surface area (Å²) in [5.74, 6) is -0.131. The van der Waals surface area contributed by atoms with E-state index in [1.165, 1.54) is 30.4 Å². The maximum Gasteiger partial charge on any atom is 0.126 e. The van der Waals surface area contributed by atoms with Crippen LogP contribution >= 0.6 is 0 Å². The summed E-state index contributed by atoms with van der Waals surface area (Å²) in [7, 11) is 0. The average molecular weight is 255 g/mol. The Morgan fingerprint density at radius 1 is 1.05 bits per heavy atom. The van der Waals surface area contributed by atoms with Crippen LogP contribution in [-0.4, -0.2) is 0 Å². The molecule has 0 aliphatic heterocycles. The summed E-state index contributed by atoms with van der Waals surface area (Å²) in [5.41, 5.74) is 5.73. The molecule has 0 saturated heterocycles. The average Bonchev–Trinajstić information content (AvgIpc) is 2.87. The summed E-state index contributed by atoms with van der Waals surface area (Å²) in [4.78, 5) is 0. The van der Waals surface area contributed by atoms with Crippen molar-refractivity contribution in [1.82, 2.24) is 0 Å². The Balaban J connectivity index is 1.70. The van der Waals surface area contributed by atoms with Crippen molar-refractivity contribution in [2.24, 2.45) is 0 Å². The van der Waals surface area contributed by atoms with Crippen molar-refractivity contribution in [2.75, 3.05) is 5.32 Å². The standard InChI is InChI=1S/C17H18FN/c1-12-5-6-13(9-17(12)18)11-19-16-8-7-14-3-2-4-15(14)10-16/h5-10,19H,2-4,11H2,1H3. The van der Waals surface area contributed by atoms with Gasteiger partial charge in [-0.25, -0.2) is 4.39 Å². The lowest BCUT2D eigenvalue weighted by Gasteiger charge is -2.09. The van der Waals surface area contributed by atoms with Gasteiger partial charge in [-0.05, 0) is 66.6 Å². The van der Waals surface area contributed by atoms with Gasteiger partial charge in [-0.2, -0.15) is 0 Å². The van der Waals surface area contributed by atoms with Gasteiger partial charge in [0.25, 0.3) is 0 Å². The third kappa shape index (κ3) is 2.62. The predicted octanol–water partition coefficient (Wildman–Crippen LogP) is 4.23. The largest absolute Gasteiger partial charge is 0.381 e. The highest BCUT2D eigenvalue weighted by Crippen LogP contribution is 2.25. The van der Waals surface area contributed by atoms with Crippen LogP contribution in [0.5, 0.6) is 0 Å². The molecule has 0 saturated carbocycles. The fourth-order valence-electron chi connectivity index (χ4n) is 2.63. The Morgan fingerprint density at radius 2 is 1.89 bits per heavy atom. The molecule has 0 atom stereocenters. The summed E-state index contributed by atoms with van der Waals surface area (Å²) in [5, 5.41) is 3.37. The normalized spacial score (nSPS) is 13.4. The van der Waals surface area contributed by atoms with Crippen LogP contribution in [0.25, 0.3) is 0 Å². The summed E-state index contributed by atoms with van der Waals surface area (Å²) in [6.45, 7) is 2.45. The molecule has 1 aliphatic carbocycles. The monoisotopic (exact) mass is 255 g/mol. The quantitative estimate of drug-likeness (QED) is 0.865. The van der Waals surface area contributed by atoms with Crippen LogP contribution in [-0.2, 0) is 19.4 Å². The van der Waals surface area contributed by atoms with Gasteiger partial charge in [0, 0.05) is 12.2 Å². The van der Waals surface area contributed by atoms with E-state index in [1.807, 2.05) is 12.1 Å². The van der Waals surface area contributed by atoms with E-state index in [-0.39, 0.29) is 5.82 Å². The number of fused-ring (bicyclic) bond motifs is 1. The number of aryl methyl sites for hydroxylation is 3.